The highest BCUT2D eigenvalue weighted by atomic mass is 16.6. The van der Waals surface area contributed by atoms with Crippen LogP contribution in [0.25, 0.3) is 0 Å². The number of amides is 1. The predicted molar refractivity (Wildman–Crippen MR) is 80.8 cm³/mol. The zero-order valence-corrected chi connectivity index (χ0v) is 13.9. The van der Waals surface area contributed by atoms with E-state index in [1.54, 1.807) is 15.8 Å². The van der Waals surface area contributed by atoms with Crippen molar-refractivity contribution in [2.45, 2.75) is 52.8 Å². The van der Waals surface area contributed by atoms with E-state index in [9.17, 15) is 4.79 Å². The second-order valence-corrected chi connectivity index (χ2v) is 6.29. The van der Waals surface area contributed by atoms with E-state index >= 15 is 0 Å². The molecule has 0 aliphatic rings. The fraction of sp³-hybridized carbons (Fsp3) is 0.786. The quantitative estimate of drug-likeness (QED) is 0.807. The molecule has 0 aliphatic carbocycles. The monoisotopic (exact) mass is 297 g/mol. The molecule has 0 bridgehead atoms. The molecule has 0 radical (unpaired) electrons. The van der Waals surface area contributed by atoms with Gasteiger partial charge in [-0.2, -0.15) is 0 Å². The molecule has 1 N–H and O–H groups in total. The number of nitrogens with zero attached hydrogens (tertiary/aromatic N) is 4. The van der Waals surface area contributed by atoms with Crippen LogP contribution in [0, 0.1) is 0 Å². The number of rotatable bonds is 6. The van der Waals surface area contributed by atoms with Crippen LogP contribution in [0.5, 0.6) is 0 Å². The SMILES string of the molecule is CC(C)N(CCNCc1cnnn1C)C(=O)OC(C)(C)C. The van der Waals surface area contributed by atoms with E-state index in [0.717, 1.165) is 5.69 Å². The fourth-order valence-corrected chi connectivity index (χ4v) is 1.77. The Hall–Kier alpha value is -1.63. The maximum Gasteiger partial charge on any atom is 0.410 e. The van der Waals surface area contributed by atoms with Crippen LogP contribution in [-0.2, 0) is 18.3 Å². The Morgan fingerprint density at radius 2 is 2.14 bits per heavy atom. The van der Waals surface area contributed by atoms with Gasteiger partial charge in [-0.15, -0.1) is 5.10 Å². The lowest BCUT2D eigenvalue weighted by molar-refractivity contribution is 0.0193. The first-order valence-electron chi connectivity index (χ1n) is 7.24. The van der Waals surface area contributed by atoms with Crippen LogP contribution in [0.3, 0.4) is 0 Å². The molecule has 0 saturated heterocycles. The van der Waals surface area contributed by atoms with Crippen molar-refractivity contribution < 1.29 is 9.53 Å². The first-order chi connectivity index (χ1) is 9.70. The van der Waals surface area contributed by atoms with Crippen molar-refractivity contribution in [2.75, 3.05) is 13.1 Å². The van der Waals surface area contributed by atoms with E-state index in [1.807, 2.05) is 41.7 Å². The molecule has 0 fully saturated rings. The third-order valence-electron chi connectivity index (χ3n) is 2.90. The number of hydrogen-bond donors (Lipinski definition) is 1. The van der Waals surface area contributed by atoms with Gasteiger partial charge in [-0.05, 0) is 34.6 Å². The third kappa shape index (κ3) is 6.12. The maximum absolute atomic E-state index is 12.1. The number of carbonyl (C=O) groups is 1. The molecule has 1 rings (SSSR count). The standard InChI is InChI=1S/C14H27N5O2/c1-11(2)19(13(20)21-14(3,4)5)8-7-15-9-12-10-16-17-18(12)6/h10-11,15H,7-9H2,1-6H3. The van der Waals surface area contributed by atoms with Crippen molar-refractivity contribution in [3.63, 3.8) is 0 Å². The van der Waals surface area contributed by atoms with Crippen LogP contribution in [0.4, 0.5) is 4.79 Å². The van der Waals surface area contributed by atoms with Gasteiger partial charge in [-0.1, -0.05) is 5.21 Å². The van der Waals surface area contributed by atoms with Gasteiger partial charge >= 0.3 is 6.09 Å². The topological polar surface area (TPSA) is 72.3 Å². The number of ether oxygens (including phenoxy) is 1. The van der Waals surface area contributed by atoms with Gasteiger partial charge in [0.2, 0.25) is 0 Å². The van der Waals surface area contributed by atoms with Gasteiger partial charge in [-0.3, -0.25) is 4.68 Å². The van der Waals surface area contributed by atoms with Gasteiger partial charge in [0.15, 0.2) is 0 Å². The molecule has 7 heteroatoms. The van der Waals surface area contributed by atoms with E-state index < -0.39 is 5.60 Å². The zero-order chi connectivity index (χ0) is 16.0. The van der Waals surface area contributed by atoms with Gasteiger partial charge in [-0.25, -0.2) is 4.79 Å². The lowest BCUT2D eigenvalue weighted by atomic mass is 10.2. The first-order valence-corrected chi connectivity index (χ1v) is 7.24. The molecule has 1 amide bonds. The molecule has 0 unspecified atom stereocenters. The number of nitrogens with one attached hydrogen (secondary N) is 1. The van der Waals surface area contributed by atoms with Crippen molar-refractivity contribution in [1.29, 1.82) is 0 Å². The summed E-state index contributed by atoms with van der Waals surface area (Å²) in [6.45, 7) is 11.5. The van der Waals surface area contributed by atoms with Gasteiger partial charge < -0.3 is 15.0 Å². The van der Waals surface area contributed by atoms with Crippen molar-refractivity contribution in [3.8, 4) is 0 Å². The Labute approximate surface area is 126 Å². The average molecular weight is 297 g/mol. The van der Waals surface area contributed by atoms with Crippen LogP contribution in [0.1, 0.15) is 40.3 Å². The maximum atomic E-state index is 12.1. The highest BCUT2D eigenvalue weighted by molar-refractivity contribution is 5.68. The molecule has 0 saturated carbocycles. The summed E-state index contributed by atoms with van der Waals surface area (Å²) >= 11 is 0. The molecule has 7 nitrogen and oxygen atoms in total. The van der Waals surface area contributed by atoms with E-state index in [0.29, 0.717) is 19.6 Å². The van der Waals surface area contributed by atoms with E-state index in [4.69, 9.17) is 4.74 Å². The number of aryl methyl sites for hydroxylation is 1. The van der Waals surface area contributed by atoms with Gasteiger partial charge in [0.25, 0.3) is 0 Å². The largest absolute Gasteiger partial charge is 0.444 e. The van der Waals surface area contributed by atoms with Gasteiger partial charge in [0.05, 0.1) is 11.9 Å². The van der Waals surface area contributed by atoms with Crippen LogP contribution in [-0.4, -0.2) is 50.7 Å². The predicted octanol–water partition coefficient (Wildman–Crippen LogP) is 1.55. The molecule has 1 aromatic rings. The molecule has 0 spiro atoms. The average Bonchev–Trinajstić information content (AvgIpc) is 2.71. The molecular weight excluding hydrogens is 270 g/mol. The molecule has 21 heavy (non-hydrogen) atoms. The summed E-state index contributed by atoms with van der Waals surface area (Å²) in [5.41, 5.74) is 0.529. The molecule has 120 valence electrons. The number of aromatic nitrogens is 3. The number of carbonyl (C=O) groups excluding carboxylic acids is 1. The molecular formula is C14H27N5O2. The van der Waals surface area contributed by atoms with Crippen LogP contribution < -0.4 is 5.32 Å². The fourth-order valence-electron chi connectivity index (χ4n) is 1.77. The zero-order valence-electron chi connectivity index (χ0n) is 13.9. The molecule has 0 aromatic carbocycles. The minimum absolute atomic E-state index is 0.0972. The minimum atomic E-state index is -0.474. The highest BCUT2D eigenvalue weighted by Crippen LogP contribution is 2.11. The Bertz CT molecular complexity index is 450. The van der Waals surface area contributed by atoms with Crippen molar-refractivity contribution in [1.82, 2.24) is 25.2 Å². The Morgan fingerprint density at radius 1 is 1.48 bits per heavy atom. The van der Waals surface area contributed by atoms with E-state index in [1.165, 1.54) is 0 Å². The van der Waals surface area contributed by atoms with Gasteiger partial charge in [0, 0.05) is 32.7 Å². The summed E-state index contributed by atoms with van der Waals surface area (Å²) < 4.78 is 7.14. The summed E-state index contributed by atoms with van der Waals surface area (Å²) in [7, 11) is 1.85. The lowest BCUT2D eigenvalue weighted by Crippen LogP contribution is -2.44. The summed E-state index contributed by atoms with van der Waals surface area (Å²) in [5, 5.41) is 11.0. The Kier molecular flexibility index (Phi) is 6.14. The summed E-state index contributed by atoms with van der Waals surface area (Å²) in [5.74, 6) is 0. The second kappa shape index (κ2) is 7.40. The molecule has 1 aromatic heterocycles. The second-order valence-electron chi connectivity index (χ2n) is 6.29. The van der Waals surface area contributed by atoms with Crippen molar-refractivity contribution in [3.05, 3.63) is 11.9 Å². The van der Waals surface area contributed by atoms with E-state index in [-0.39, 0.29) is 12.1 Å². The van der Waals surface area contributed by atoms with Crippen LogP contribution in [0.2, 0.25) is 0 Å². The molecule has 0 atom stereocenters. The lowest BCUT2D eigenvalue weighted by Gasteiger charge is -2.30. The number of hydrogen-bond acceptors (Lipinski definition) is 5. The normalized spacial score (nSPS) is 11.8. The minimum Gasteiger partial charge on any atom is -0.444 e. The van der Waals surface area contributed by atoms with Crippen molar-refractivity contribution in [2.24, 2.45) is 7.05 Å². The summed E-state index contributed by atoms with van der Waals surface area (Å²) in [6, 6.07) is 0.0972. The van der Waals surface area contributed by atoms with Gasteiger partial charge in [0.1, 0.15) is 5.60 Å². The Balaban J connectivity index is 2.41. The van der Waals surface area contributed by atoms with Crippen LogP contribution >= 0.6 is 0 Å². The van der Waals surface area contributed by atoms with Crippen LogP contribution in [0.15, 0.2) is 6.20 Å². The smallest absolute Gasteiger partial charge is 0.410 e. The summed E-state index contributed by atoms with van der Waals surface area (Å²) in [6.07, 6.45) is 1.45. The Morgan fingerprint density at radius 3 is 2.62 bits per heavy atom. The highest BCUT2D eigenvalue weighted by Gasteiger charge is 2.23. The third-order valence-corrected chi connectivity index (χ3v) is 2.90. The molecule has 0 aliphatic heterocycles. The summed E-state index contributed by atoms with van der Waals surface area (Å²) in [4.78, 5) is 13.9. The first kappa shape index (κ1) is 17.4. The molecule has 1 heterocycles. The van der Waals surface area contributed by atoms with Crippen molar-refractivity contribution >= 4 is 6.09 Å². The van der Waals surface area contributed by atoms with E-state index in [2.05, 4.69) is 15.6 Å².